The van der Waals surface area contributed by atoms with Gasteiger partial charge in [-0.1, -0.05) is 13.8 Å². The zero-order chi connectivity index (χ0) is 25.4. The highest BCUT2D eigenvalue weighted by Gasteiger charge is 2.38. The summed E-state index contributed by atoms with van der Waals surface area (Å²) in [5, 5.41) is 0. The van der Waals surface area contributed by atoms with Crippen molar-refractivity contribution in [1.29, 1.82) is 0 Å². The summed E-state index contributed by atoms with van der Waals surface area (Å²) in [7, 11) is 0. The SMILES string of the molecule is CC1(C)CC(=O)N(c2ccc(OC(=O)N3CCN(c4ccc(C(F)(F)F)cn4)CC3)nc2)C(=O)C1. The molecule has 186 valence electrons. The van der Waals surface area contributed by atoms with Crippen LogP contribution in [0.2, 0.25) is 0 Å². The number of nitrogens with zero attached hydrogens (tertiary/aromatic N) is 5. The quantitative estimate of drug-likeness (QED) is 0.607. The first-order valence-corrected chi connectivity index (χ1v) is 11.0. The fraction of sp³-hybridized carbons (Fsp3) is 0.435. The van der Waals surface area contributed by atoms with E-state index in [4.69, 9.17) is 4.74 Å². The number of carbonyl (C=O) groups excluding carboxylic acids is 3. The van der Waals surface area contributed by atoms with E-state index in [1.807, 2.05) is 13.8 Å². The Labute approximate surface area is 199 Å². The van der Waals surface area contributed by atoms with E-state index in [1.54, 1.807) is 4.90 Å². The molecule has 35 heavy (non-hydrogen) atoms. The summed E-state index contributed by atoms with van der Waals surface area (Å²) in [5.41, 5.74) is -0.895. The number of ether oxygens (including phenoxy) is 1. The Balaban J connectivity index is 1.31. The monoisotopic (exact) mass is 491 g/mol. The maximum atomic E-state index is 12.7. The first-order chi connectivity index (χ1) is 16.4. The number of pyridine rings is 2. The lowest BCUT2D eigenvalue weighted by atomic mass is 9.81. The third kappa shape index (κ3) is 5.52. The molecule has 12 heteroatoms. The molecule has 0 N–H and O–H groups in total. The van der Waals surface area contributed by atoms with Crippen LogP contribution in [0.1, 0.15) is 32.3 Å². The van der Waals surface area contributed by atoms with E-state index < -0.39 is 17.8 Å². The van der Waals surface area contributed by atoms with Crippen LogP contribution in [-0.2, 0) is 15.8 Å². The summed E-state index contributed by atoms with van der Waals surface area (Å²) in [6.45, 7) is 5.03. The van der Waals surface area contributed by atoms with Gasteiger partial charge in [0.2, 0.25) is 17.7 Å². The number of halogens is 3. The molecule has 0 aliphatic carbocycles. The Bertz CT molecular complexity index is 1090. The van der Waals surface area contributed by atoms with Crippen LogP contribution in [0.15, 0.2) is 36.7 Å². The largest absolute Gasteiger partial charge is 0.417 e. The smallest absolute Gasteiger partial charge is 0.391 e. The molecule has 0 atom stereocenters. The molecule has 0 saturated carbocycles. The van der Waals surface area contributed by atoms with Crippen LogP contribution in [0, 0.1) is 5.41 Å². The van der Waals surface area contributed by atoms with Gasteiger partial charge in [0.1, 0.15) is 5.82 Å². The van der Waals surface area contributed by atoms with Crippen molar-refractivity contribution >= 4 is 29.4 Å². The molecule has 0 aromatic carbocycles. The number of anilines is 2. The fourth-order valence-corrected chi connectivity index (χ4v) is 4.04. The number of carbonyl (C=O) groups is 3. The minimum Gasteiger partial charge on any atom is -0.391 e. The second-order valence-electron chi connectivity index (χ2n) is 9.24. The zero-order valence-electron chi connectivity index (χ0n) is 19.2. The predicted octanol–water partition coefficient (Wildman–Crippen LogP) is 3.50. The van der Waals surface area contributed by atoms with Gasteiger partial charge >= 0.3 is 12.3 Å². The molecular weight excluding hydrogens is 467 g/mol. The molecule has 0 unspecified atom stereocenters. The molecule has 0 spiro atoms. The average Bonchev–Trinajstić information content (AvgIpc) is 2.78. The summed E-state index contributed by atoms with van der Waals surface area (Å²) in [5.74, 6) is -0.201. The molecule has 2 aromatic heterocycles. The first kappa shape index (κ1) is 24.4. The lowest BCUT2D eigenvalue weighted by Crippen LogP contribution is -2.50. The molecule has 9 nitrogen and oxygen atoms in total. The number of amides is 3. The fourth-order valence-electron chi connectivity index (χ4n) is 4.04. The van der Waals surface area contributed by atoms with E-state index in [-0.39, 0.29) is 49.0 Å². The average molecular weight is 491 g/mol. The highest BCUT2D eigenvalue weighted by atomic mass is 19.4. The third-order valence-electron chi connectivity index (χ3n) is 5.87. The normalized spacial score (nSPS) is 18.6. The summed E-state index contributed by atoms with van der Waals surface area (Å²) in [4.78, 5) is 49.6. The Hall–Kier alpha value is -3.70. The number of alkyl halides is 3. The summed E-state index contributed by atoms with van der Waals surface area (Å²) in [6, 6.07) is 5.19. The van der Waals surface area contributed by atoms with Gasteiger partial charge in [0.15, 0.2) is 0 Å². The third-order valence-corrected chi connectivity index (χ3v) is 5.87. The Morgan fingerprint density at radius 3 is 2.11 bits per heavy atom. The molecule has 2 aliphatic rings. The number of imide groups is 1. The van der Waals surface area contributed by atoms with E-state index in [0.717, 1.165) is 17.2 Å². The van der Waals surface area contributed by atoms with Crippen molar-refractivity contribution in [2.24, 2.45) is 5.41 Å². The van der Waals surface area contributed by atoms with Gasteiger partial charge in [0, 0.05) is 51.3 Å². The predicted molar refractivity (Wildman–Crippen MR) is 119 cm³/mol. The van der Waals surface area contributed by atoms with Gasteiger partial charge in [0.25, 0.3) is 0 Å². The number of hydrogen-bond acceptors (Lipinski definition) is 7. The minimum absolute atomic E-state index is 0.0165. The number of rotatable bonds is 3. The molecule has 4 heterocycles. The highest BCUT2D eigenvalue weighted by Crippen LogP contribution is 2.34. The summed E-state index contributed by atoms with van der Waals surface area (Å²) < 4.78 is 43.4. The van der Waals surface area contributed by atoms with Crippen LogP contribution in [-0.4, -0.2) is 59.0 Å². The molecule has 4 rings (SSSR count). The van der Waals surface area contributed by atoms with Crippen LogP contribution in [0.25, 0.3) is 0 Å². The highest BCUT2D eigenvalue weighted by molar-refractivity contribution is 6.16. The van der Waals surface area contributed by atoms with Crippen LogP contribution in [0.4, 0.5) is 29.5 Å². The van der Waals surface area contributed by atoms with Crippen molar-refractivity contribution in [3.8, 4) is 5.88 Å². The van der Waals surface area contributed by atoms with E-state index >= 15 is 0 Å². The molecule has 2 fully saturated rings. The number of aromatic nitrogens is 2. The molecule has 0 bridgehead atoms. The van der Waals surface area contributed by atoms with Crippen molar-refractivity contribution in [1.82, 2.24) is 14.9 Å². The Morgan fingerprint density at radius 2 is 1.60 bits per heavy atom. The topological polar surface area (TPSA) is 95.9 Å². The number of hydrogen-bond donors (Lipinski definition) is 0. The minimum atomic E-state index is -4.45. The van der Waals surface area contributed by atoms with Crippen LogP contribution in [0.3, 0.4) is 0 Å². The lowest BCUT2D eigenvalue weighted by Gasteiger charge is -2.35. The lowest BCUT2D eigenvalue weighted by molar-refractivity contribution is -0.138. The molecule has 2 saturated heterocycles. The van der Waals surface area contributed by atoms with Gasteiger partial charge in [-0.05, 0) is 23.6 Å². The number of piperidine rings is 1. The second-order valence-corrected chi connectivity index (χ2v) is 9.24. The molecule has 0 radical (unpaired) electrons. The van der Waals surface area contributed by atoms with Gasteiger partial charge in [-0.3, -0.25) is 9.59 Å². The van der Waals surface area contributed by atoms with E-state index in [2.05, 4.69) is 9.97 Å². The van der Waals surface area contributed by atoms with Crippen molar-refractivity contribution in [3.63, 3.8) is 0 Å². The van der Waals surface area contributed by atoms with Crippen LogP contribution >= 0.6 is 0 Å². The second kappa shape index (κ2) is 9.16. The van der Waals surface area contributed by atoms with Gasteiger partial charge in [-0.15, -0.1) is 0 Å². The van der Waals surface area contributed by atoms with E-state index in [9.17, 15) is 27.6 Å². The zero-order valence-corrected chi connectivity index (χ0v) is 19.2. The summed E-state index contributed by atoms with van der Waals surface area (Å²) >= 11 is 0. The number of piperazine rings is 1. The van der Waals surface area contributed by atoms with E-state index in [1.165, 1.54) is 29.3 Å². The summed E-state index contributed by atoms with van der Waals surface area (Å²) in [6.07, 6.45) is -2.50. The maximum Gasteiger partial charge on any atom is 0.417 e. The molecule has 3 amide bonds. The standard InChI is InChI=1S/C23H24F3N5O4/c1-22(2)11-19(32)31(20(33)12-22)16-4-6-18(28-14-16)35-21(34)30-9-7-29(8-10-30)17-5-3-15(13-27-17)23(24,25)26/h3-6,13-14H,7-12H2,1-2H3. The van der Waals surface area contributed by atoms with Crippen molar-refractivity contribution in [2.45, 2.75) is 32.9 Å². The first-order valence-electron chi connectivity index (χ1n) is 11.0. The Morgan fingerprint density at radius 1 is 0.943 bits per heavy atom. The van der Waals surface area contributed by atoms with Crippen LogP contribution in [0.5, 0.6) is 5.88 Å². The van der Waals surface area contributed by atoms with Gasteiger partial charge in [-0.2, -0.15) is 13.2 Å². The maximum absolute atomic E-state index is 12.7. The molecule has 2 aliphatic heterocycles. The van der Waals surface area contributed by atoms with Crippen LogP contribution < -0.4 is 14.5 Å². The van der Waals surface area contributed by atoms with Crippen molar-refractivity contribution in [3.05, 3.63) is 42.2 Å². The van der Waals surface area contributed by atoms with E-state index in [0.29, 0.717) is 24.6 Å². The van der Waals surface area contributed by atoms with Gasteiger partial charge in [-0.25, -0.2) is 19.7 Å². The van der Waals surface area contributed by atoms with Crippen molar-refractivity contribution < 1.29 is 32.3 Å². The van der Waals surface area contributed by atoms with Gasteiger partial charge in [0.05, 0.1) is 17.4 Å². The molecular formula is C23H24F3N5O4. The Kier molecular flexibility index (Phi) is 6.39. The molecule has 2 aromatic rings. The van der Waals surface area contributed by atoms with Gasteiger partial charge < -0.3 is 14.5 Å². The van der Waals surface area contributed by atoms with Crippen molar-refractivity contribution in [2.75, 3.05) is 36.0 Å².